The fourth-order valence-corrected chi connectivity index (χ4v) is 0.241. The monoisotopic (exact) mass is 142 g/mol. The van der Waals surface area contributed by atoms with E-state index < -0.39 is 0 Å². The standard InChI is InChI=1S/C6H10N2O2/c1-4(5(2)9)7-8-6(3)10/h1-3H3,(H,8,10)/b7-4+. The molecule has 0 bridgehead atoms. The molecule has 0 aliphatic carbocycles. The van der Waals surface area contributed by atoms with Crippen molar-refractivity contribution < 1.29 is 9.59 Å². The van der Waals surface area contributed by atoms with Gasteiger partial charge in [-0.05, 0) is 6.92 Å². The first-order chi connectivity index (χ1) is 4.54. The second kappa shape index (κ2) is 3.76. The van der Waals surface area contributed by atoms with E-state index in [1.165, 1.54) is 20.8 Å². The molecule has 0 unspecified atom stereocenters. The van der Waals surface area contributed by atoms with Crippen molar-refractivity contribution >= 4 is 17.4 Å². The van der Waals surface area contributed by atoms with Crippen LogP contribution in [-0.4, -0.2) is 17.4 Å². The van der Waals surface area contributed by atoms with Gasteiger partial charge in [0.2, 0.25) is 5.91 Å². The lowest BCUT2D eigenvalue weighted by Gasteiger charge is -1.93. The Balaban J connectivity index is 3.92. The SMILES string of the molecule is CC(=O)N/N=C(\C)C(C)=O. The van der Waals surface area contributed by atoms with Crippen molar-refractivity contribution in [2.45, 2.75) is 20.8 Å². The average molecular weight is 142 g/mol. The van der Waals surface area contributed by atoms with E-state index in [1.807, 2.05) is 0 Å². The van der Waals surface area contributed by atoms with Crippen LogP contribution in [0.3, 0.4) is 0 Å². The highest BCUT2D eigenvalue weighted by molar-refractivity contribution is 6.38. The molecular formula is C6H10N2O2. The van der Waals surface area contributed by atoms with Crippen molar-refractivity contribution in [2.75, 3.05) is 0 Å². The molecule has 10 heavy (non-hydrogen) atoms. The van der Waals surface area contributed by atoms with E-state index in [1.54, 1.807) is 0 Å². The van der Waals surface area contributed by atoms with Crippen LogP contribution in [0.1, 0.15) is 20.8 Å². The highest BCUT2D eigenvalue weighted by Crippen LogP contribution is 1.76. The normalized spacial score (nSPS) is 10.9. The Bertz CT molecular complexity index is 184. The molecule has 4 heteroatoms. The van der Waals surface area contributed by atoms with Gasteiger partial charge in [0.05, 0.1) is 0 Å². The zero-order valence-corrected chi connectivity index (χ0v) is 6.26. The number of nitrogens with one attached hydrogen (secondary N) is 1. The summed E-state index contributed by atoms with van der Waals surface area (Å²) in [6.07, 6.45) is 0. The Kier molecular flexibility index (Phi) is 3.32. The van der Waals surface area contributed by atoms with Gasteiger partial charge in [-0.1, -0.05) is 0 Å². The maximum absolute atomic E-state index is 10.5. The number of Topliss-reactive ketones (excluding diaryl/α,β-unsaturated/α-hetero) is 1. The zero-order valence-electron chi connectivity index (χ0n) is 6.26. The highest BCUT2D eigenvalue weighted by Gasteiger charge is 1.96. The van der Waals surface area contributed by atoms with Crippen LogP contribution in [0, 0.1) is 0 Å². The minimum atomic E-state index is -0.277. The van der Waals surface area contributed by atoms with Gasteiger partial charge in [-0.25, -0.2) is 5.43 Å². The molecule has 0 aliphatic rings. The largest absolute Gasteiger partial charge is 0.293 e. The minimum Gasteiger partial charge on any atom is -0.293 e. The lowest BCUT2D eigenvalue weighted by molar-refractivity contribution is -0.118. The fourth-order valence-electron chi connectivity index (χ4n) is 0.241. The van der Waals surface area contributed by atoms with Crippen LogP contribution in [0.4, 0.5) is 0 Å². The zero-order chi connectivity index (χ0) is 8.15. The molecule has 0 aromatic rings. The lowest BCUT2D eigenvalue weighted by Crippen LogP contribution is -2.17. The van der Waals surface area contributed by atoms with E-state index >= 15 is 0 Å². The quantitative estimate of drug-likeness (QED) is 0.438. The molecule has 0 saturated heterocycles. The number of rotatable bonds is 2. The number of amides is 1. The third-order valence-corrected chi connectivity index (χ3v) is 0.891. The molecule has 0 aromatic heterocycles. The first-order valence-corrected chi connectivity index (χ1v) is 2.86. The predicted octanol–water partition coefficient (Wildman–Crippen LogP) is 0.0874. The number of nitrogens with zero attached hydrogens (tertiary/aromatic N) is 1. The molecule has 0 saturated carbocycles. The smallest absolute Gasteiger partial charge is 0.236 e. The van der Waals surface area contributed by atoms with Crippen molar-refractivity contribution in [3.05, 3.63) is 0 Å². The van der Waals surface area contributed by atoms with Gasteiger partial charge in [0, 0.05) is 13.8 Å². The molecular weight excluding hydrogens is 132 g/mol. The van der Waals surface area contributed by atoms with Gasteiger partial charge >= 0.3 is 0 Å². The Hall–Kier alpha value is -1.19. The second-order valence-electron chi connectivity index (χ2n) is 1.92. The predicted molar refractivity (Wildman–Crippen MR) is 37.6 cm³/mol. The van der Waals surface area contributed by atoms with Crippen LogP contribution in [0.15, 0.2) is 5.10 Å². The molecule has 1 amide bonds. The Morgan fingerprint density at radius 2 is 1.70 bits per heavy atom. The van der Waals surface area contributed by atoms with Crippen LogP contribution in [0.2, 0.25) is 0 Å². The summed E-state index contributed by atoms with van der Waals surface area (Å²) >= 11 is 0. The maximum atomic E-state index is 10.5. The van der Waals surface area contributed by atoms with E-state index in [4.69, 9.17) is 0 Å². The molecule has 0 spiro atoms. The van der Waals surface area contributed by atoms with E-state index in [9.17, 15) is 9.59 Å². The molecule has 0 rings (SSSR count). The Morgan fingerprint density at radius 3 is 2.00 bits per heavy atom. The van der Waals surface area contributed by atoms with Crippen LogP contribution >= 0.6 is 0 Å². The Labute approximate surface area is 59.3 Å². The number of hydrogen-bond acceptors (Lipinski definition) is 3. The fraction of sp³-hybridized carbons (Fsp3) is 0.500. The maximum Gasteiger partial charge on any atom is 0.236 e. The lowest BCUT2D eigenvalue weighted by atomic mass is 10.3. The summed E-state index contributed by atoms with van der Waals surface area (Å²) in [7, 11) is 0. The molecule has 0 atom stereocenters. The number of hydrogen-bond donors (Lipinski definition) is 1. The van der Waals surface area contributed by atoms with Gasteiger partial charge in [-0.15, -0.1) is 0 Å². The summed E-state index contributed by atoms with van der Waals surface area (Å²) in [5, 5.41) is 3.49. The summed E-state index contributed by atoms with van der Waals surface area (Å²) in [6, 6.07) is 0. The van der Waals surface area contributed by atoms with E-state index in [0.717, 1.165) is 0 Å². The molecule has 1 N–H and O–H groups in total. The Morgan fingerprint density at radius 1 is 1.20 bits per heavy atom. The van der Waals surface area contributed by atoms with Crippen molar-refractivity contribution in [3.63, 3.8) is 0 Å². The summed E-state index contributed by atoms with van der Waals surface area (Å²) in [4.78, 5) is 20.7. The third kappa shape index (κ3) is 3.77. The van der Waals surface area contributed by atoms with Crippen LogP contribution in [0.25, 0.3) is 0 Å². The first-order valence-electron chi connectivity index (χ1n) is 2.86. The van der Waals surface area contributed by atoms with Crippen molar-refractivity contribution in [2.24, 2.45) is 5.10 Å². The molecule has 56 valence electrons. The van der Waals surface area contributed by atoms with E-state index in [0.29, 0.717) is 5.71 Å². The average Bonchev–Trinajstić information content (AvgIpc) is 1.82. The number of carbonyl (C=O) groups excluding carboxylic acids is 2. The third-order valence-electron chi connectivity index (χ3n) is 0.891. The van der Waals surface area contributed by atoms with Gasteiger partial charge in [-0.2, -0.15) is 5.10 Å². The van der Waals surface area contributed by atoms with Crippen LogP contribution < -0.4 is 5.43 Å². The van der Waals surface area contributed by atoms with Crippen molar-refractivity contribution in [1.29, 1.82) is 0 Å². The molecule has 0 heterocycles. The summed E-state index contributed by atoms with van der Waals surface area (Å²) < 4.78 is 0. The van der Waals surface area contributed by atoms with Gasteiger partial charge < -0.3 is 0 Å². The molecule has 4 nitrogen and oxygen atoms in total. The van der Waals surface area contributed by atoms with Gasteiger partial charge in [0.25, 0.3) is 0 Å². The summed E-state index contributed by atoms with van der Waals surface area (Å²) in [5.74, 6) is -0.422. The van der Waals surface area contributed by atoms with Crippen LogP contribution in [-0.2, 0) is 9.59 Å². The van der Waals surface area contributed by atoms with E-state index in [-0.39, 0.29) is 11.7 Å². The molecule has 0 fully saturated rings. The number of ketones is 1. The molecule has 0 radical (unpaired) electrons. The summed E-state index contributed by atoms with van der Waals surface area (Å²) in [6.45, 7) is 4.26. The first kappa shape index (κ1) is 8.81. The van der Waals surface area contributed by atoms with E-state index in [2.05, 4.69) is 10.5 Å². The summed E-state index contributed by atoms with van der Waals surface area (Å²) in [5.41, 5.74) is 2.46. The number of carbonyl (C=O) groups is 2. The number of hydrazone groups is 1. The second-order valence-corrected chi connectivity index (χ2v) is 1.92. The van der Waals surface area contributed by atoms with Gasteiger partial charge in [0.15, 0.2) is 5.78 Å². The van der Waals surface area contributed by atoms with Gasteiger partial charge in [-0.3, -0.25) is 9.59 Å². The van der Waals surface area contributed by atoms with Crippen molar-refractivity contribution in [3.8, 4) is 0 Å². The minimum absolute atomic E-state index is 0.145. The van der Waals surface area contributed by atoms with Crippen LogP contribution in [0.5, 0.6) is 0 Å². The topological polar surface area (TPSA) is 58.5 Å². The van der Waals surface area contributed by atoms with Gasteiger partial charge in [0.1, 0.15) is 5.71 Å². The molecule has 0 aliphatic heterocycles. The highest BCUT2D eigenvalue weighted by atomic mass is 16.2. The molecule has 0 aromatic carbocycles. The van der Waals surface area contributed by atoms with Crippen molar-refractivity contribution in [1.82, 2.24) is 5.43 Å².